The number of carbonyl (C=O) groups is 1. The van der Waals surface area contributed by atoms with Gasteiger partial charge >= 0.3 is 0 Å². The maximum absolute atomic E-state index is 11.0. The third kappa shape index (κ3) is 3.48. The molecule has 3 nitrogen and oxygen atoms in total. The zero-order valence-corrected chi connectivity index (χ0v) is 10.4. The number of thiophene rings is 1. The van der Waals surface area contributed by atoms with Gasteiger partial charge in [0, 0.05) is 10.9 Å². The molecule has 0 saturated heterocycles. The second-order valence-corrected chi connectivity index (χ2v) is 5.14. The van der Waals surface area contributed by atoms with Crippen LogP contribution in [0, 0.1) is 0 Å². The highest BCUT2D eigenvalue weighted by Gasteiger charge is 2.17. The number of hydrogen-bond donors (Lipinski definition) is 2. The van der Waals surface area contributed by atoms with Crippen LogP contribution in [0.3, 0.4) is 0 Å². The summed E-state index contributed by atoms with van der Waals surface area (Å²) in [7, 11) is 0. The van der Waals surface area contributed by atoms with Crippen LogP contribution in [0.15, 0.2) is 12.1 Å². The van der Waals surface area contributed by atoms with E-state index in [1.165, 1.54) is 11.3 Å². The van der Waals surface area contributed by atoms with Crippen molar-refractivity contribution in [2.24, 2.45) is 5.73 Å². The van der Waals surface area contributed by atoms with Crippen molar-refractivity contribution >= 4 is 28.8 Å². The zero-order valence-electron chi connectivity index (χ0n) is 8.79. The van der Waals surface area contributed by atoms with E-state index in [-0.39, 0.29) is 18.0 Å². The lowest BCUT2D eigenvalue weighted by molar-refractivity contribution is -0.120. The van der Waals surface area contributed by atoms with Gasteiger partial charge < -0.3 is 5.73 Å². The first-order chi connectivity index (χ1) is 7.04. The Morgan fingerprint density at radius 3 is 2.73 bits per heavy atom. The van der Waals surface area contributed by atoms with Crippen molar-refractivity contribution in [3.05, 3.63) is 21.3 Å². The van der Waals surface area contributed by atoms with Gasteiger partial charge in [-0.25, -0.2) is 0 Å². The van der Waals surface area contributed by atoms with E-state index in [9.17, 15) is 4.79 Å². The van der Waals surface area contributed by atoms with Crippen molar-refractivity contribution in [1.29, 1.82) is 0 Å². The summed E-state index contributed by atoms with van der Waals surface area (Å²) in [6.45, 7) is 3.92. The maximum atomic E-state index is 11.0. The number of primary amides is 1. The molecule has 0 aliphatic heterocycles. The predicted octanol–water partition coefficient (Wildman–Crippen LogP) is 2.32. The van der Waals surface area contributed by atoms with E-state index in [2.05, 4.69) is 5.32 Å². The molecule has 1 aromatic heterocycles. The molecule has 0 aliphatic carbocycles. The molecular formula is C10H15ClN2OS. The van der Waals surface area contributed by atoms with Crippen molar-refractivity contribution < 1.29 is 4.79 Å². The fourth-order valence-corrected chi connectivity index (χ4v) is 2.42. The fraction of sp³-hybridized carbons (Fsp3) is 0.500. The summed E-state index contributed by atoms with van der Waals surface area (Å²) in [6, 6.07) is 3.63. The third-order valence-electron chi connectivity index (χ3n) is 2.22. The molecule has 5 heteroatoms. The molecular weight excluding hydrogens is 232 g/mol. The Balaban J connectivity index is 2.62. The summed E-state index contributed by atoms with van der Waals surface area (Å²) < 4.78 is 0.755. The van der Waals surface area contributed by atoms with Gasteiger partial charge in [-0.15, -0.1) is 11.3 Å². The molecule has 2 atom stereocenters. The SMILES string of the molecule is CCC(NC(C)c1ccc(Cl)s1)C(N)=O. The number of nitrogens with one attached hydrogen (secondary N) is 1. The van der Waals surface area contributed by atoms with Crippen LogP contribution >= 0.6 is 22.9 Å². The molecule has 1 amide bonds. The number of hydrogen-bond acceptors (Lipinski definition) is 3. The Kier molecular flexibility index (Phi) is 4.57. The number of halogens is 1. The van der Waals surface area contributed by atoms with Gasteiger partial charge in [0.15, 0.2) is 0 Å². The van der Waals surface area contributed by atoms with Crippen molar-refractivity contribution in [2.75, 3.05) is 0 Å². The zero-order chi connectivity index (χ0) is 11.4. The summed E-state index contributed by atoms with van der Waals surface area (Å²) >= 11 is 7.35. The Bertz CT molecular complexity index is 340. The molecule has 0 fully saturated rings. The average molecular weight is 247 g/mol. The highest BCUT2D eigenvalue weighted by Crippen LogP contribution is 2.26. The van der Waals surface area contributed by atoms with Gasteiger partial charge in [-0.05, 0) is 25.5 Å². The molecule has 2 unspecified atom stereocenters. The largest absolute Gasteiger partial charge is 0.368 e. The van der Waals surface area contributed by atoms with Crippen molar-refractivity contribution in [3.63, 3.8) is 0 Å². The van der Waals surface area contributed by atoms with Crippen LogP contribution in [0.1, 0.15) is 31.2 Å². The molecule has 0 aliphatic rings. The van der Waals surface area contributed by atoms with Gasteiger partial charge in [0.25, 0.3) is 0 Å². The van der Waals surface area contributed by atoms with Gasteiger partial charge in [0.05, 0.1) is 10.4 Å². The molecule has 0 radical (unpaired) electrons. The van der Waals surface area contributed by atoms with Crippen LogP contribution < -0.4 is 11.1 Å². The summed E-state index contributed by atoms with van der Waals surface area (Å²) in [5.41, 5.74) is 5.25. The summed E-state index contributed by atoms with van der Waals surface area (Å²) in [4.78, 5) is 12.2. The Hall–Kier alpha value is -0.580. The normalized spacial score (nSPS) is 14.9. The van der Waals surface area contributed by atoms with Crippen LogP contribution in [0.2, 0.25) is 4.34 Å². The second-order valence-electron chi connectivity index (χ2n) is 3.39. The van der Waals surface area contributed by atoms with Crippen molar-refractivity contribution in [3.8, 4) is 0 Å². The molecule has 15 heavy (non-hydrogen) atoms. The highest BCUT2D eigenvalue weighted by molar-refractivity contribution is 7.16. The molecule has 1 aromatic rings. The van der Waals surface area contributed by atoms with Gasteiger partial charge in [0.2, 0.25) is 5.91 Å². The van der Waals surface area contributed by atoms with Crippen LogP contribution in [0.4, 0.5) is 0 Å². The smallest absolute Gasteiger partial charge is 0.234 e. The number of rotatable bonds is 5. The predicted molar refractivity (Wildman–Crippen MR) is 64.2 cm³/mol. The third-order valence-corrected chi connectivity index (χ3v) is 3.64. The fourth-order valence-electron chi connectivity index (χ4n) is 1.35. The molecule has 1 heterocycles. The summed E-state index contributed by atoms with van der Waals surface area (Å²) in [5, 5.41) is 3.17. The number of nitrogens with two attached hydrogens (primary N) is 1. The van der Waals surface area contributed by atoms with Gasteiger partial charge in [0.1, 0.15) is 0 Å². The van der Waals surface area contributed by atoms with Gasteiger partial charge in [-0.3, -0.25) is 10.1 Å². The summed E-state index contributed by atoms with van der Waals surface area (Å²) in [5.74, 6) is -0.313. The van der Waals surface area contributed by atoms with Crippen LogP contribution in [-0.4, -0.2) is 11.9 Å². The highest BCUT2D eigenvalue weighted by atomic mass is 35.5. The van der Waals surface area contributed by atoms with E-state index >= 15 is 0 Å². The van der Waals surface area contributed by atoms with Crippen LogP contribution in [0.5, 0.6) is 0 Å². The topological polar surface area (TPSA) is 55.1 Å². The minimum absolute atomic E-state index is 0.0972. The van der Waals surface area contributed by atoms with E-state index in [1.54, 1.807) is 0 Å². The number of carbonyl (C=O) groups excluding carboxylic acids is 1. The monoisotopic (exact) mass is 246 g/mol. The number of amides is 1. The first kappa shape index (κ1) is 12.5. The standard InChI is InChI=1S/C10H15ClN2OS/c1-3-7(10(12)14)13-6(2)8-4-5-9(11)15-8/h4-7,13H,3H2,1-2H3,(H2,12,14). The molecule has 0 aromatic carbocycles. The van der Waals surface area contributed by atoms with Gasteiger partial charge in [-0.2, -0.15) is 0 Å². The van der Waals surface area contributed by atoms with Gasteiger partial charge in [-0.1, -0.05) is 18.5 Å². The second kappa shape index (κ2) is 5.49. The molecule has 1 rings (SSSR count). The van der Waals surface area contributed by atoms with Crippen molar-refractivity contribution in [2.45, 2.75) is 32.4 Å². The van der Waals surface area contributed by atoms with Crippen LogP contribution in [0.25, 0.3) is 0 Å². The Morgan fingerprint density at radius 2 is 2.33 bits per heavy atom. The molecule has 0 spiro atoms. The minimum atomic E-state index is -0.313. The maximum Gasteiger partial charge on any atom is 0.234 e. The lowest BCUT2D eigenvalue weighted by Gasteiger charge is -2.18. The molecule has 84 valence electrons. The average Bonchev–Trinajstić information content (AvgIpc) is 2.60. The minimum Gasteiger partial charge on any atom is -0.368 e. The Morgan fingerprint density at radius 1 is 1.67 bits per heavy atom. The Labute approximate surface area is 98.6 Å². The summed E-state index contributed by atoms with van der Waals surface area (Å²) in [6.07, 6.45) is 0.693. The quantitative estimate of drug-likeness (QED) is 0.838. The van der Waals surface area contributed by atoms with E-state index in [0.717, 1.165) is 9.21 Å². The van der Waals surface area contributed by atoms with Crippen molar-refractivity contribution in [1.82, 2.24) is 5.32 Å². The van der Waals surface area contributed by atoms with E-state index in [0.29, 0.717) is 6.42 Å². The molecule has 0 bridgehead atoms. The molecule has 3 N–H and O–H groups in total. The van der Waals surface area contributed by atoms with E-state index in [4.69, 9.17) is 17.3 Å². The lowest BCUT2D eigenvalue weighted by atomic mass is 10.1. The first-order valence-corrected chi connectivity index (χ1v) is 6.04. The lowest BCUT2D eigenvalue weighted by Crippen LogP contribution is -2.41. The van der Waals surface area contributed by atoms with E-state index < -0.39 is 0 Å². The van der Waals surface area contributed by atoms with E-state index in [1.807, 2.05) is 26.0 Å². The van der Waals surface area contributed by atoms with Crippen LogP contribution in [-0.2, 0) is 4.79 Å². The first-order valence-electron chi connectivity index (χ1n) is 4.85. The molecule has 0 saturated carbocycles.